The fourth-order valence-electron chi connectivity index (χ4n) is 9.45. The Labute approximate surface area is 365 Å². The van der Waals surface area contributed by atoms with Crippen molar-refractivity contribution in [3.63, 3.8) is 0 Å². The molecule has 13 rings (SSSR count). The SMILES string of the molecule is c1ccc2c(c1)ccc1c2oc2cccc(-c3ccc(N(c4ccc(-c5ccc6c(c5)sc5ccccc56)cc4)c4ccc(-c5ccc6sc7ccccc7c6c5)cc4)cc3)c21. The highest BCUT2D eigenvalue weighted by molar-refractivity contribution is 7.26. The van der Waals surface area contributed by atoms with Crippen molar-refractivity contribution >= 4 is 113 Å². The fraction of sp³-hybridized carbons (Fsp3) is 0. The highest BCUT2D eigenvalue weighted by atomic mass is 32.1. The van der Waals surface area contributed by atoms with Gasteiger partial charge < -0.3 is 9.32 Å². The summed E-state index contributed by atoms with van der Waals surface area (Å²) in [7, 11) is 0. The molecule has 0 atom stereocenters. The number of furan rings is 1. The molecule has 13 aromatic rings. The van der Waals surface area contributed by atoms with Gasteiger partial charge in [-0.3, -0.25) is 0 Å². The molecule has 0 saturated heterocycles. The topological polar surface area (TPSA) is 16.4 Å². The van der Waals surface area contributed by atoms with Crippen LogP contribution in [0.5, 0.6) is 0 Å². The average molecular weight is 826 g/mol. The second kappa shape index (κ2) is 14.0. The van der Waals surface area contributed by atoms with Gasteiger partial charge in [0, 0.05) is 73.6 Å². The molecule has 0 bridgehead atoms. The zero-order valence-electron chi connectivity index (χ0n) is 33.4. The summed E-state index contributed by atoms with van der Waals surface area (Å²) in [6.07, 6.45) is 0. The maximum Gasteiger partial charge on any atom is 0.143 e. The van der Waals surface area contributed by atoms with E-state index in [0.717, 1.165) is 55.5 Å². The average Bonchev–Trinajstić information content (AvgIpc) is 4.03. The maximum atomic E-state index is 6.55. The Balaban J connectivity index is 0.895. The summed E-state index contributed by atoms with van der Waals surface area (Å²) >= 11 is 3.72. The summed E-state index contributed by atoms with van der Waals surface area (Å²) in [6.45, 7) is 0. The number of benzene rings is 10. The maximum absolute atomic E-state index is 6.55. The quantitative estimate of drug-likeness (QED) is 0.166. The molecule has 3 aromatic heterocycles. The van der Waals surface area contributed by atoms with Crippen LogP contribution >= 0.6 is 22.7 Å². The molecule has 290 valence electrons. The minimum atomic E-state index is 0.901. The number of nitrogens with zero attached hydrogens (tertiary/aromatic N) is 1. The van der Waals surface area contributed by atoms with Gasteiger partial charge in [-0.2, -0.15) is 0 Å². The van der Waals surface area contributed by atoms with Gasteiger partial charge in [-0.05, 0) is 118 Å². The van der Waals surface area contributed by atoms with E-state index in [9.17, 15) is 0 Å². The molecule has 0 saturated carbocycles. The van der Waals surface area contributed by atoms with Gasteiger partial charge in [-0.1, -0.05) is 133 Å². The minimum Gasteiger partial charge on any atom is -0.455 e. The first kappa shape index (κ1) is 35.3. The van der Waals surface area contributed by atoms with Crippen molar-refractivity contribution < 1.29 is 4.42 Å². The normalized spacial score (nSPS) is 11.9. The van der Waals surface area contributed by atoms with Crippen LogP contribution in [0.25, 0.3) is 106 Å². The molecule has 0 fully saturated rings. The number of rotatable bonds is 6. The fourth-order valence-corrected chi connectivity index (χ4v) is 11.7. The van der Waals surface area contributed by atoms with Crippen molar-refractivity contribution in [3.8, 4) is 33.4 Å². The molecule has 0 amide bonds. The molecular weight excluding hydrogens is 791 g/mol. The molecule has 0 spiro atoms. The van der Waals surface area contributed by atoms with Gasteiger partial charge in [0.2, 0.25) is 0 Å². The summed E-state index contributed by atoms with van der Waals surface area (Å²) in [5.74, 6) is 0. The lowest BCUT2D eigenvalue weighted by Crippen LogP contribution is -2.09. The first-order chi connectivity index (χ1) is 30.7. The summed E-state index contributed by atoms with van der Waals surface area (Å²) in [5, 5.41) is 9.87. The third-order valence-corrected chi connectivity index (χ3v) is 14.8. The zero-order valence-corrected chi connectivity index (χ0v) is 35.0. The van der Waals surface area contributed by atoms with Crippen LogP contribution in [0.15, 0.2) is 217 Å². The van der Waals surface area contributed by atoms with Gasteiger partial charge in [-0.15, -0.1) is 22.7 Å². The molecule has 3 heterocycles. The molecule has 4 heteroatoms. The lowest BCUT2D eigenvalue weighted by atomic mass is 9.98. The molecule has 0 aliphatic carbocycles. The van der Waals surface area contributed by atoms with Crippen LogP contribution in [0.3, 0.4) is 0 Å². The second-order valence-electron chi connectivity index (χ2n) is 16.0. The molecule has 0 aliphatic heterocycles. The molecule has 10 aromatic carbocycles. The van der Waals surface area contributed by atoms with Crippen LogP contribution in [-0.2, 0) is 0 Å². The van der Waals surface area contributed by atoms with Crippen LogP contribution < -0.4 is 4.90 Å². The van der Waals surface area contributed by atoms with E-state index in [-0.39, 0.29) is 0 Å². The highest BCUT2D eigenvalue weighted by Gasteiger charge is 2.18. The van der Waals surface area contributed by atoms with E-state index >= 15 is 0 Å². The van der Waals surface area contributed by atoms with Crippen LogP contribution in [0, 0.1) is 0 Å². The van der Waals surface area contributed by atoms with Gasteiger partial charge in [0.25, 0.3) is 0 Å². The predicted octanol–water partition coefficient (Wildman–Crippen LogP) is 17.9. The lowest BCUT2D eigenvalue weighted by molar-refractivity contribution is 0.673. The third kappa shape index (κ3) is 5.69. The second-order valence-corrected chi connectivity index (χ2v) is 18.2. The Bertz CT molecular complexity index is 3850. The van der Waals surface area contributed by atoms with Crippen molar-refractivity contribution in [1.82, 2.24) is 0 Å². The predicted molar refractivity (Wildman–Crippen MR) is 268 cm³/mol. The van der Waals surface area contributed by atoms with Crippen LogP contribution in [0.1, 0.15) is 0 Å². The van der Waals surface area contributed by atoms with Crippen molar-refractivity contribution in [2.24, 2.45) is 0 Å². The van der Waals surface area contributed by atoms with Crippen LogP contribution in [-0.4, -0.2) is 0 Å². The zero-order chi connectivity index (χ0) is 40.7. The molecule has 2 nitrogen and oxygen atoms in total. The number of hydrogen-bond donors (Lipinski definition) is 0. The Hall–Kier alpha value is -7.50. The van der Waals surface area contributed by atoms with Gasteiger partial charge in [0.1, 0.15) is 11.2 Å². The first-order valence-electron chi connectivity index (χ1n) is 21.0. The van der Waals surface area contributed by atoms with E-state index in [1.807, 2.05) is 22.7 Å². The summed E-state index contributed by atoms with van der Waals surface area (Å²) < 4.78 is 11.8. The molecule has 0 radical (unpaired) electrons. The molecule has 0 aliphatic rings. The summed E-state index contributed by atoms with van der Waals surface area (Å²) in [6, 6.07) is 77.5. The van der Waals surface area contributed by atoms with Gasteiger partial charge >= 0.3 is 0 Å². The highest BCUT2D eigenvalue weighted by Crippen LogP contribution is 2.43. The number of anilines is 3. The minimum absolute atomic E-state index is 0.901. The van der Waals surface area contributed by atoms with Crippen molar-refractivity contribution in [1.29, 1.82) is 0 Å². The Morgan fingerprint density at radius 3 is 1.55 bits per heavy atom. The van der Waals surface area contributed by atoms with Crippen LogP contribution in [0.4, 0.5) is 17.1 Å². The van der Waals surface area contributed by atoms with Gasteiger partial charge in [0.15, 0.2) is 0 Å². The summed E-state index contributed by atoms with van der Waals surface area (Å²) in [5.41, 5.74) is 12.3. The van der Waals surface area contributed by atoms with E-state index in [0.29, 0.717) is 0 Å². The third-order valence-electron chi connectivity index (χ3n) is 12.5. The van der Waals surface area contributed by atoms with Crippen molar-refractivity contribution in [3.05, 3.63) is 212 Å². The van der Waals surface area contributed by atoms with Crippen molar-refractivity contribution in [2.75, 3.05) is 4.90 Å². The Kier molecular flexibility index (Phi) is 7.99. The van der Waals surface area contributed by atoms with E-state index in [1.54, 1.807) is 0 Å². The Morgan fingerprint density at radius 1 is 0.323 bits per heavy atom. The lowest BCUT2D eigenvalue weighted by Gasteiger charge is -2.26. The Morgan fingerprint density at radius 2 is 0.839 bits per heavy atom. The summed E-state index contributed by atoms with van der Waals surface area (Å²) in [4.78, 5) is 2.36. The first-order valence-corrected chi connectivity index (χ1v) is 22.6. The van der Waals surface area contributed by atoms with Crippen LogP contribution in [0.2, 0.25) is 0 Å². The number of hydrogen-bond acceptors (Lipinski definition) is 4. The largest absolute Gasteiger partial charge is 0.455 e. The van der Waals surface area contributed by atoms with Crippen molar-refractivity contribution in [2.45, 2.75) is 0 Å². The molecular formula is C58H35NOS2. The van der Waals surface area contributed by atoms with Gasteiger partial charge in [0.05, 0.1) is 0 Å². The number of thiophene rings is 2. The van der Waals surface area contributed by atoms with Gasteiger partial charge in [-0.25, -0.2) is 0 Å². The van der Waals surface area contributed by atoms with E-state index < -0.39 is 0 Å². The number of fused-ring (bicyclic) bond motifs is 11. The monoisotopic (exact) mass is 825 g/mol. The van der Waals surface area contributed by atoms with E-state index in [2.05, 4.69) is 217 Å². The standard InChI is InChI=1S/C58H35NOS2/c1-2-9-46-38(8-1)22-32-50-57-45(12-7-13-52(57)60-58(46)50)39-20-29-44(30-21-39)59(42-25-16-36(17-26-42)40-24-33-55-51(34-40)48-11-4-6-15-54(48)61-55)43-27-18-37(19-28-43)41-23-31-49-47-10-3-5-14-53(47)62-56(49)35-41/h1-35H. The smallest absolute Gasteiger partial charge is 0.143 e. The van der Waals surface area contributed by atoms with E-state index in [4.69, 9.17) is 4.42 Å². The molecule has 0 N–H and O–H groups in total. The molecule has 0 unspecified atom stereocenters. The molecule has 62 heavy (non-hydrogen) atoms. The van der Waals surface area contributed by atoms with E-state index in [1.165, 1.54) is 68.0 Å².